The first-order valence-corrected chi connectivity index (χ1v) is 8.97. The van der Waals surface area contributed by atoms with Gasteiger partial charge in [-0.25, -0.2) is 4.98 Å². The molecule has 27 heavy (non-hydrogen) atoms. The zero-order chi connectivity index (χ0) is 18.2. The Morgan fingerprint density at radius 3 is 2.63 bits per heavy atom. The highest BCUT2D eigenvalue weighted by Crippen LogP contribution is 2.38. The van der Waals surface area contributed by atoms with Crippen LogP contribution in [0.1, 0.15) is 11.4 Å². The van der Waals surface area contributed by atoms with Gasteiger partial charge in [-0.15, -0.1) is 0 Å². The van der Waals surface area contributed by atoms with Crippen molar-refractivity contribution in [1.82, 2.24) is 14.9 Å². The van der Waals surface area contributed by atoms with Gasteiger partial charge in [0.1, 0.15) is 11.6 Å². The minimum atomic E-state index is 0.0353. The summed E-state index contributed by atoms with van der Waals surface area (Å²) in [5.74, 6) is 1.82. The second-order valence-electron chi connectivity index (χ2n) is 6.61. The molecule has 0 saturated carbocycles. The molecule has 2 aromatic carbocycles. The average Bonchev–Trinajstić information content (AvgIpc) is 3.14. The molecule has 2 aliphatic heterocycles. The van der Waals surface area contributed by atoms with E-state index < -0.39 is 0 Å². The number of aromatic nitrogens is 2. The molecule has 0 bridgehead atoms. The lowest BCUT2D eigenvalue weighted by Gasteiger charge is -2.24. The van der Waals surface area contributed by atoms with Crippen molar-refractivity contribution in [3.05, 3.63) is 84.0 Å². The zero-order valence-electron chi connectivity index (χ0n) is 14.7. The Morgan fingerprint density at radius 1 is 1.04 bits per heavy atom. The van der Waals surface area contributed by atoms with Gasteiger partial charge in [0, 0.05) is 23.9 Å². The van der Waals surface area contributed by atoms with Crippen molar-refractivity contribution >= 4 is 5.57 Å². The molecular weight excluding hydrogens is 338 g/mol. The minimum Gasteiger partial charge on any atom is -0.472 e. The van der Waals surface area contributed by atoms with Gasteiger partial charge in [0.2, 0.25) is 0 Å². The third-order valence-electron chi connectivity index (χ3n) is 4.97. The van der Waals surface area contributed by atoms with Gasteiger partial charge >= 0.3 is 0 Å². The molecule has 0 atom stereocenters. The Hall–Kier alpha value is -3.31. The summed E-state index contributed by atoms with van der Waals surface area (Å²) in [5.41, 5.74) is 6.05. The fourth-order valence-electron chi connectivity index (χ4n) is 3.61. The minimum absolute atomic E-state index is 0.0353. The standard InChI is InChI=1S/C22H19N3O2/c26-13-15-6-8-16(9-7-15)20-21(17-4-2-1-3-5-17)25-14-27-19-10-11-23-12-18(19)22(25)24-20/h1-11,23,26H,12-14H2. The van der Waals surface area contributed by atoms with Crippen LogP contribution in [0.2, 0.25) is 0 Å². The number of aliphatic hydroxyl groups is 1. The summed E-state index contributed by atoms with van der Waals surface area (Å²) in [6.45, 7) is 1.16. The molecule has 5 rings (SSSR count). The van der Waals surface area contributed by atoms with Crippen molar-refractivity contribution in [1.29, 1.82) is 0 Å². The number of nitrogens with zero attached hydrogens (tertiary/aromatic N) is 2. The van der Waals surface area contributed by atoms with Crippen molar-refractivity contribution in [3.8, 4) is 22.5 Å². The van der Waals surface area contributed by atoms with Gasteiger partial charge in [-0.2, -0.15) is 0 Å². The SMILES string of the molecule is OCc1ccc(-c2nc3n(c2-c2ccccc2)COC2=C3CNC=C2)cc1. The van der Waals surface area contributed by atoms with E-state index in [2.05, 4.69) is 22.0 Å². The van der Waals surface area contributed by atoms with Crippen LogP contribution < -0.4 is 5.32 Å². The fourth-order valence-corrected chi connectivity index (χ4v) is 3.61. The number of fused-ring (bicyclic) bond motifs is 2. The van der Waals surface area contributed by atoms with Gasteiger partial charge in [-0.05, 0) is 11.6 Å². The van der Waals surface area contributed by atoms with Crippen LogP contribution in [0.25, 0.3) is 28.1 Å². The van der Waals surface area contributed by atoms with Crippen molar-refractivity contribution < 1.29 is 9.84 Å². The fraction of sp³-hybridized carbons (Fsp3) is 0.136. The molecule has 0 fully saturated rings. The smallest absolute Gasteiger partial charge is 0.167 e. The van der Waals surface area contributed by atoms with E-state index in [1.807, 2.05) is 54.7 Å². The maximum atomic E-state index is 9.34. The quantitative estimate of drug-likeness (QED) is 0.753. The molecule has 0 saturated heterocycles. The maximum Gasteiger partial charge on any atom is 0.167 e. The van der Waals surface area contributed by atoms with Crippen molar-refractivity contribution in [3.63, 3.8) is 0 Å². The van der Waals surface area contributed by atoms with Gasteiger partial charge in [0.15, 0.2) is 6.73 Å². The van der Waals surface area contributed by atoms with Crippen molar-refractivity contribution in [2.24, 2.45) is 0 Å². The predicted molar refractivity (Wildman–Crippen MR) is 104 cm³/mol. The van der Waals surface area contributed by atoms with Gasteiger partial charge < -0.3 is 15.2 Å². The summed E-state index contributed by atoms with van der Waals surface area (Å²) in [5, 5.41) is 12.6. The van der Waals surface area contributed by atoms with E-state index in [1.165, 1.54) is 0 Å². The summed E-state index contributed by atoms with van der Waals surface area (Å²) < 4.78 is 8.14. The predicted octanol–water partition coefficient (Wildman–Crippen LogP) is 3.53. The molecule has 3 aromatic rings. The van der Waals surface area contributed by atoms with Gasteiger partial charge in [0.05, 0.1) is 23.6 Å². The monoisotopic (exact) mass is 357 g/mol. The Kier molecular flexibility index (Phi) is 3.80. The number of imidazole rings is 1. The number of hydrogen-bond acceptors (Lipinski definition) is 4. The van der Waals surface area contributed by atoms with Crippen LogP contribution >= 0.6 is 0 Å². The van der Waals surface area contributed by atoms with Crippen LogP contribution in [0.4, 0.5) is 0 Å². The Labute approximate surface area is 157 Å². The first kappa shape index (κ1) is 15.9. The lowest BCUT2D eigenvalue weighted by atomic mass is 10.0. The molecule has 1 aromatic heterocycles. The molecular formula is C22H19N3O2. The lowest BCUT2D eigenvalue weighted by molar-refractivity contribution is 0.146. The van der Waals surface area contributed by atoms with Gasteiger partial charge in [0.25, 0.3) is 0 Å². The molecule has 2 N–H and O–H groups in total. The molecule has 5 nitrogen and oxygen atoms in total. The molecule has 5 heteroatoms. The van der Waals surface area contributed by atoms with Gasteiger partial charge in [-0.1, -0.05) is 54.6 Å². The first-order valence-electron chi connectivity index (χ1n) is 8.97. The second kappa shape index (κ2) is 6.45. The second-order valence-corrected chi connectivity index (χ2v) is 6.61. The largest absolute Gasteiger partial charge is 0.472 e. The molecule has 0 unspecified atom stereocenters. The number of aliphatic hydroxyl groups excluding tert-OH is 1. The lowest BCUT2D eigenvalue weighted by Crippen LogP contribution is -2.23. The number of rotatable bonds is 3. The van der Waals surface area contributed by atoms with Crippen molar-refractivity contribution in [2.75, 3.05) is 6.54 Å². The molecule has 0 amide bonds. The number of dihydropyridines is 1. The van der Waals surface area contributed by atoms with E-state index in [0.29, 0.717) is 13.3 Å². The van der Waals surface area contributed by atoms with Crippen LogP contribution in [0.5, 0.6) is 0 Å². The topological polar surface area (TPSA) is 59.3 Å². The number of nitrogens with one attached hydrogen (secondary N) is 1. The first-order chi connectivity index (χ1) is 13.3. The van der Waals surface area contributed by atoms with E-state index in [0.717, 1.165) is 45.2 Å². The zero-order valence-corrected chi connectivity index (χ0v) is 14.7. The number of allylic oxidation sites excluding steroid dienone is 1. The maximum absolute atomic E-state index is 9.34. The highest BCUT2D eigenvalue weighted by molar-refractivity contribution is 5.83. The van der Waals surface area contributed by atoms with E-state index in [-0.39, 0.29) is 6.61 Å². The summed E-state index contributed by atoms with van der Waals surface area (Å²) in [6.07, 6.45) is 3.86. The molecule has 3 heterocycles. The Balaban J connectivity index is 1.74. The Bertz CT molecular complexity index is 1050. The molecule has 0 aliphatic carbocycles. The number of ether oxygens (including phenoxy) is 1. The normalized spacial score (nSPS) is 15.0. The van der Waals surface area contributed by atoms with Crippen LogP contribution in [0, 0.1) is 0 Å². The van der Waals surface area contributed by atoms with Crippen LogP contribution in [0.15, 0.2) is 72.6 Å². The molecule has 0 spiro atoms. The highest BCUT2D eigenvalue weighted by Gasteiger charge is 2.28. The molecule has 0 radical (unpaired) electrons. The number of benzene rings is 2. The summed E-state index contributed by atoms with van der Waals surface area (Å²) in [6, 6.07) is 18.2. The Morgan fingerprint density at radius 2 is 1.85 bits per heavy atom. The van der Waals surface area contributed by atoms with Crippen molar-refractivity contribution in [2.45, 2.75) is 13.3 Å². The summed E-state index contributed by atoms with van der Waals surface area (Å²) in [7, 11) is 0. The third-order valence-corrected chi connectivity index (χ3v) is 4.97. The average molecular weight is 357 g/mol. The van der Waals surface area contributed by atoms with Crippen LogP contribution in [-0.4, -0.2) is 21.2 Å². The third kappa shape index (κ3) is 2.64. The molecule has 134 valence electrons. The van der Waals surface area contributed by atoms with Gasteiger partial charge in [-0.3, -0.25) is 4.57 Å². The van der Waals surface area contributed by atoms with E-state index in [1.54, 1.807) is 0 Å². The van der Waals surface area contributed by atoms with E-state index in [4.69, 9.17) is 9.72 Å². The summed E-state index contributed by atoms with van der Waals surface area (Å²) in [4.78, 5) is 5.03. The molecule has 2 aliphatic rings. The van der Waals surface area contributed by atoms with Crippen LogP contribution in [-0.2, 0) is 18.1 Å². The van der Waals surface area contributed by atoms with E-state index in [9.17, 15) is 5.11 Å². The van der Waals surface area contributed by atoms with E-state index >= 15 is 0 Å². The summed E-state index contributed by atoms with van der Waals surface area (Å²) >= 11 is 0. The highest BCUT2D eigenvalue weighted by atomic mass is 16.5. The number of hydrogen-bond donors (Lipinski definition) is 2. The van der Waals surface area contributed by atoms with Crippen LogP contribution in [0.3, 0.4) is 0 Å².